The van der Waals surface area contributed by atoms with E-state index in [2.05, 4.69) is 53.0 Å². The van der Waals surface area contributed by atoms with Crippen LogP contribution in [0.3, 0.4) is 0 Å². The van der Waals surface area contributed by atoms with Gasteiger partial charge in [-0.15, -0.1) is 6.42 Å². The Balaban J connectivity index is 1.93. The largest absolute Gasteiger partial charge is 0.381 e. The summed E-state index contributed by atoms with van der Waals surface area (Å²) < 4.78 is 6.57. The van der Waals surface area contributed by atoms with Crippen molar-refractivity contribution in [1.82, 2.24) is 4.90 Å². The average molecular weight is 426 g/mol. The van der Waals surface area contributed by atoms with Gasteiger partial charge in [-0.05, 0) is 43.0 Å². The van der Waals surface area contributed by atoms with Crippen molar-refractivity contribution in [1.29, 1.82) is 0 Å². The van der Waals surface area contributed by atoms with Gasteiger partial charge in [-0.25, -0.2) is 0 Å². The van der Waals surface area contributed by atoms with Gasteiger partial charge in [0.25, 0.3) is 0 Å². The van der Waals surface area contributed by atoms with Gasteiger partial charge in [-0.1, -0.05) is 63.8 Å². The van der Waals surface area contributed by atoms with Crippen LogP contribution in [0, 0.1) is 19.3 Å². The van der Waals surface area contributed by atoms with Crippen molar-refractivity contribution < 1.29 is 9.53 Å². The molecule has 3 rings (SSSR count). The molecular formula is C23H24BrNO2. The van der Waals surface area contributed by atoms with Crippen LogP contribution in [0.25, 0.3) is 0 Å². The third-order valence-corrected chi connectivity index (χ3v) is 5.74. The summed E-state index contributed by atoms with van der Waals surface area (Å²) in [5.41, 5.74) is 2.73. The van der Waals surface area contributed by atoms with E-state index in [-0.39, 0.29) is 5.91 Å². The Hall–Kier alpha value is -2.09. The number of rotatable bonds is 5. The molecule has 1 fully saturated rings. The molecule has 0 atom stereocenters. The standard InChI is InChI=1S/C23H24BrNO2/c1-3-14-25(17-19-6-4-18(2)5-7-19)22(26)23(12-15-27-16-13-23)20-8-10-21(24)11-9-20/h1,4-11H,12-17H2,2H3. The smallest absolute Gasteiger partial charge is 0.234 e. The van der Waals surface area contributed by atoms with Gasteiger partial charge in [0.05, 0.1) is 12.0 Å². The Labute approximate surface area is 169 Å². The quantitative estimate of drug-likeness (QED) is 0.661. The molecule has 1 aliphatic rings. The van der Waals surface area contributed by atoms with Crippen molar-refractivity contribution >= 4 is 21.8 Å². The van der Waals surface area contributed by atoms with Crippen LogP contribution >= 0.6 is 15.9 Å². The molecule has 0 saturated carbocycles. The lowest BCUT2D eigenvalue weighted by Gasteiger charge is -2.40. The highest BCUT2D eigenvalue weighted by molar-refractivity contribution is 9.10. The Morgan fingerprint density at radius 1 is 1.15 bits per heavy atom. The molecule has 1 aliphatic heterocycles. The summed E-state index contributed by atoms with van der Waals surface area (Å²) in [6.45, 7) is 4.03. The van der Waals surface area contributed by atoms with E-state index in [1.165, 1.54) is 5.56 Å². The number of halogens is 1. The lowest BCUT2D eigenvalue weighted by Crippen LogP contribution is -2.49. The molecular weight excluding hydrogens is 402 g/mol. The number of hydrogen-bond acceptors (Lipinski definition) is 2. The summed E-state index contributed by atoms with van der Waals surface area (Å²) in [7, 11) is 0. The number of amides is 1. The maximum absolute atomic E-state index is 13.7. The number of carbonyl (C=O) groups is 1. The van der Waals surface area contributed by atoms with Crippen LogP contribution < -0.4 is 0 Å². The number of nitrogens with zero attached hydrogens (tertiary/aromatic N) is 1. The van der Waals surface area contributed by atoms with E-state index >= 15 is 0 Å². The molecule has 4 heteroatoms. The fourth-order valence-corrected chi connectivity index (χ4v) is 3.91. The maximum atomic E-state index is 13.7. The third-order valence-electron chi connectivity index (χ3n) is 5.22. The van der Waals surface area contributed by atoms with Gasteiger partial charge in [0.15, 0.2) is 0 Å². The minimum atomic E-state index is -0.583. The first-order valence-electron chi connectivity index (χ1n) is 9.17. The van der Waals surface area contributed by atoms with Crippen LogP contribution in [0.5, 0.6) is 0 Å². The molecule has 3 nitrogen and oxygen atoms in total. The van der Waals surface area contributed by atoms with Crippen molar-refractivity contribution in [2.45, 2.75) is 31.7 Å². The summed E-state index contributed by atoms with van der Waals surface area (Å²) in [6.07, 6.45) is 6.94. The van der Waals surface area contributed by atoms with Crippen molar-refractivity contribution in [3.8, 4) is 12.3 Å². The number of benzene rings is 2. The molecule has 0 unspecified atom stereocenters. The summed E-state index contributed by atoms with van der Waals surface area (Å²) in [4.78, 5) is 15.5. The van der Waals surface area contributed by atoms with Gasteiger partial charge in [-0.3, -0.25) is 4.79 Å². The van der Waals surface area contributed by atoms with Gasteiger partial charge in [-0.2, -0.15) is 0 Å². The molecule has 0 aromatic heterocycles. The van der Waals surface area contributed by atoms with Gasteiger partial charge in [0.1, 0.15) is 0 Å². The first kappa shape index (κ1) is 19.7. The topological polar surface area (TPSA) is 29.5 Å². The van der Waals surface area contributed by atoms with E-state index in [9.17, 15) is 4.79 Å². The van der Waals surface area contributed by atoms with Crippen LogP contribution in [0.4, 0.5) is 0 Å². The molecule has 27 heavy (non-hydrogen) atoms. The summed E-state index contributed by atoms with van der Waals surface area (Å²) >= 11 is 3.48. The first-order valence-corrected chi connectivity index (χ1v) is 9.97. The van der Waals surface area contributed by atoms with Crippen molar-refractivity contribution in [2.24, 2.45) is 0 Å². The molecule has 0 N–H and O–H groups in total. The Morgan fingerprint density at radius 2 is 1.78 bits per heavy atom. The normalized spacial score (nSPS) is 15.7. The van der Waals surface area contributed by atoms with Crippen LogP contribution in [0.2, 0.25) is 0 Å². The highest BCUT2D eigenvalue weighted by Crippen LogP contribution is 2.37. The third kappa shape index (κ3) is 4.43. The molecule has 2 aromatic rings. The Bertz CT molecular complexity index is 815. The van der Waals surface area contributed by atoms with Gasteiger partial charge >= 0.3 is 0 Å². The van der Waals surface area contributed by atoms with E-state index in [4.69, 9.17) is 11.2 Å². The zero-order chi connectivity index (χ0) is 19.3. The number of carbonyl (C=O) groups excluding carboxylic acids is 1. The highest BCUT2D eigenvalue weighted by atomic mass is 79.9. The lowest BCUT2D eigenvalue weighted by molar-refractivity contribution is -0.141. The van der Waals surface area contributed by atoms with E-state index in [0.717, 1.165) is 15.6 Å². The molecule has 0 spiro atoms. The minimum Gasteiger partial charge on any atom is -0.381 e. The molecule has 1 heterocycles. The molecule has 140 valence electrons. The molecule has 1 amide bonds. The number of ether oxygens (including phenoxy) is 1. The number of aryl methyl sites for hydroxylation is 1. The fraction of sp³-hybridized carbons (Fsp3) is 0.348. The molecule has 1 saturated heterocycles. The predicted molar refractivity (Wildman–Crippen MR) is 111 cm³/mol. The van der Waals surface area contributed by atoms with Crippen LogP contribution in [-0.4, -0.2) is 30.6 Å². The van der Waals surface area contributed by atoms with Crippen LogP contribution in [0.15, 0.2) is 53.0 Å². The number of terminal acetylenes is 1. The zero-order valence-corrected chi connectivity index (χ0v) is 17.2. The Morgan fingerprint density at radius 3 is 2.37 bits per heavy atom. The van der Waals surface area contributed by atoms with Gasteiger partial charge in [0.2, 0.25) is 5.91 Å². The van der Waals surface area contributed by atoms with E-state index in [0.29, 0.717) is 39.1 Å². The second kappa shape index (κ2) is 8.73. The van der Waals surface area contributed by atoms with Crippen LogP contribution in [0.1, 0.15) is 29.5 Å². The van der Waals surface area contributed by atoms with Crippen molar-refractivity contribution in [3.05, 3.63) is 69.7 Å². The fourth-order valence-electron chi connectivity index (χ4n) is 3.64. The second-order valence-electron chi connectivity index (χ2n) is 7.05. The van der Waals surface area contributed by atoms with E-state index < -0.39 is 5.41 Å². The molecule has 2 aromatic carbocycles. The van der Waals surface area contributed by atoms with Gasteiger partial charge in [0, 0.05) is 24.2 Å². The second-order valence-corrected chi connectivity index (χ2v) is 7.97. The lowest BCUT2D eigenvalue weighted by atomic mass is 9.73. The summed E-state index contributed by atoms with van der Waals surface area (Å²) in [5, 5.41) is 0. The van der Waals surface area contributed by atoms with Crippen molar-refractivity contribution in [3.63, 3.8) is 0 Å². The predicted octanol–water partition coefficient (Wildman–Crippen LogP) is 4.47. The summed E-state index contributed by atoms with van der Waals surface area (Å²) in [5.74, 6) is 2.75. The maximum Gasteiger partial charge on any atom is 0.234 e. The monoisotopic (exact) mass is 425 g/mol. The Kier molecular flexibility index (Phi) is 6.36. The highest BCUT2D eigenvalue weighted by Gasteiger charge is 2.43. The zero-order valence-electron chi connectivity index (χ0n) is 15.6. The molecule has 0 bridgehead atoms. The first-order chi connectivity index (χ1) is 13.0. The minimum absolute atomic E-state index is 0.0895. The van der Waals surface area contributed by atoms with E-state index in [1.54, 1.807) is 4.90 Å². The van der Waals surface area contributed by atoms with Crippen molar-refractivity contribution in [2.75, 3.05) is 19.8 Å². The average Bonchev–Trinajstić information content (AvgIpc) is 2.70. The SMILES string of the molecule is C#CCN(Cc1ccc(C)cc1)C(=O)C1(c2ccc(Br)cc2)CCOCC1. The molecule has 0 radical (unpaired) electrons. The summed E-state index contributed by atoms with van der Waals surface area (Å²) in [6, 6.07) is 16.3. The van der Waals surface area contributed by atoms with Gasteiger partial charge < -0.3 is 9.64 Å². The number of hydrogen-bond donors (Lipinski definition) is 0. The van der Waals surface area contributed by atoms with Crippen LogP contribution in [-0.2, 0) is 21.5 Å². The van der Waals surface area contributed by atoms with E-state index in [1.807, 2.05) is 24.3 Å². The molecule has 0 aliphatic carbocycles.